The van der Waals surface area contributed by atoms with Gasteiger partial charge in [0.15, 0.2) is 0 Å². The molecule has 0 aromatic heterocycles. The van der Waals surface area contributed by atoms with Crippen LogP contribution < -0.4 is 0 Å². The van der Waals surface area contributed by atoms with E-state index in [1.807, 2.05) is 0 Å². The summed E-state index contributed by atoms with van der Waals surface area (Å²) in [5.41, 5.74) is -0.840. The number of nitroso groups, excluding NO2 is 1. The molecule has 10 heavy (non-hydrogen) atoms. The van der Waals surface area contributed by atoms with Gasteiger partial charge in [0.2, 0.25) is 0 Å². The summed E-state index contributed by atoms with van der Waals surface area (Å²) in [5, 5.41) is 2.76. The normalized spacial score (nSPS) is 10.7. The van der Waals surface area contributed by atoms with Crippen LogP contribution in [-0.4, -0.2) is 18.6 Å². The maximum absolute atomic E-state index is 10.6. The van der Waals surface area contributed by atoms with Crippen molar-refractivity contribution in [1.82, 2.24) is 0 Å². The Morgan fingerprint density at radius 2 is 2.10 bits per heavy atom. The summed E-state index contributed by atoms with van der Waals surface area (Å²) >= 11 is 0. The van der Waals surface area contributed by atoms with Gasteiger partial charge in [0.25, 0.3) is 0 Å². The van der Waals surface area contributed by atoms with Crippen LogP contribution >= 0.6 is 0 Å². The fourth-order valence-electron chi connectivity index (χ4n) is 0.458. The Balaban J connectivity index is 3.88. The SMILES string of the molecule is COC(=O)CC(C)(C)N=O. The van der Waals surface area contributed by atoms with Crippen LogP contribution in [0.2, 0.25) is 0 Å². The molecule has 0 aliphatic heterocycles. The van der Waals surface area contributed by atoms with Crippen molar-refractivity contribution in [1.29, 1.82) is 0 Å². The van der Waals surface area contributed by atoms with Crippen molar-refractivity contribution in [3.63, 3.8) is 0 Å². The highest BCUT2D eigenvalue weighted by atomic mass is 16.5. The minimum absolute atomic E-state index is 0.0347. The summed E-state index contributed by atoms with van der Waals surface area (Å²) < 4.78 is 4.35. The zero-order chi connectivity index (χ0) is 8.20. The van der Waals surface area contributed by atoms with Gasteiger partial charge in [-0.3, -0.25) is 4.79 Å². The highest BCUT2D eigenvalue weighted by Crippen LogP contribution is 2.13. The van der Waals surface area contributed by atoms with Crippen molar-refractivity contribution in [3.8, 4) is 0 Å². The minimum atomic E-state index is -0.840. The maximum Gasteiger partial charge on any atom is 0.308 e. The zero-order valence-electron chi connectivity index (χ0n) is 6.38. The maximum atomic E-state index is 10.6. The Kier molecular flexibility index (Phi) is 2.99. The molecular formula is C6H11NO3. The fourth-order valence-corrected chi connectivity index (χ4v) is 0.458. The molecule has 0 radical (unpaired) electrons. The summed E-state index contributed by atoms with van der Waals surface area (Å²) in [6.45, 7) is 3.16. The molecule has 0 aromatic rings. The lowest BCUT2D eigenvalue weighted by Crippen LogP contribution is -2.21. The highest BCUT2D eigenvalue weighted by Gasteiger charge is 2.22. The summed E-state index contributed by atoms with van der Waals surface area (Å²) in [7, 11) is 1.28. The lowest BCUT2D eigenvalue weighted by Gasteiger charge is -2.11. The Bertz CT molecular complexity index is 142. The molecule has 0 aliphatic carbocycles. The van der Waals surface area contributed by atoms with Crippen LogP contribution in [0.1, 0.15) is 20.3 Å². The van der Waals surface area contributed by atoms with Crippen LogP contribution in [0, 0.1) is 4.91 Å². The van der Waals surface area contributed by atoms with E-state index in [0.29, 0.717) is 0 Å². The number of rotatable bonds is 3. The molecule has 0 saturated carbocycles. The average molecular weight is 145 g/mol. The van der Waals surface area contributed by atoms with Gasteiger partial charge in [-0.15, -0.1) is 0 Å². The molecule has 0 bridgehead atoms. The van der Waals surface area contributed by atoms with E-state index >= 15 is 0 Å². The summed E-state index contributed by atoms with van der Waals surface area (Å²) in [4.78, 5) is 20.6. The van der Waals surface area contributed by atoms with Crippen molar-refractivity contribution in [3.05, 3.63) is 4.91 Å². The molecule has 0 heterocycles. The van der Waals surface area contributed by atoms with Crippen molar-refractivity contribution in [2.24, 2.45) is 5.18 Å². The lowest BCUT2D eigenvalue weighted by atomic mass is 10.0. The number of esters is 1. The van der Waals surface area contributed by atoms with E-state index in [1.54, 1.807) is 13.8 Å². The molecule has 58 valence electrons. The smallest absolute Gasteiger partial charge is 0.308 e. The minimum Gasteiger partial charge on any atom is -0.469 e. The van der Waals surface area contributed by atoms with Gasteiger partial charge in [-0.05, 0) is 13.8 Å². The second-order valence-corrected chi connectivity index (χ2v) is 2.66. The molecule has 0 atom stereocenters. The van der Waals surface area contributed by atoms with Crippen molar-refractivity contribution in [2.45, 2.75) is 25.8 Å². The molecule has 0 amide bonds. The number of carbonyl (C=O) groups excluding carboxylic acids is 1. The van der Waals surface area contributed by atoms with E-state index in [2.05, 4.69) is 9.91 Å². The molecule has 0 rings (SSSR count). The average Bonchev–Trinajstić information content (AvgIpc) is 1.87. The molecule has 0 saturated heterocycles. The fraction of sp³-hybridized carbons (Fsp3) is 0.833. The quantitative estimate of drug-likeness (QED) is 0.441. The van der Waals surface area contributed by atoms with Gasteiger partial charge in [0.05, 0.1) is 13.5 Å². The van der Waals surface area contributed by atoms with E-state index in [9.17, 15) is 9.70 Å². The first-order valence-electron chi connectivity index (χ1n) is 2.93. The Hall–Kier alpha value is -0.930. The first-order valence-corrected chi connectivity index (χ1v) is 2.93. The largest absolute Gasteiger partial charge is 0.469 e. The predicted molar refractivity (Wildman–Crippen MR) is 36.5 cm³/mol. The van der Waals surface area contributed by atoms with Crippen LogP contribution in [0.5, 0.6) is 0 Å². The molecule has 4 heteroatoms. The highest BCUT2D eigenvalue weighted by molar-refractivity contribution is 5.70. The Labute approximate surface area is 59.5 Å². The van der Waals surface area contributed by atoms with Gasteiger partial charge in [0, 0.05) is 0 Å². The van der Waals surface area contributed by atoms with Crippen LogP contribution in [0.25, 0.3) is 0 Å². The number of hydrogen-bond acceptors (Lipinski definition) is 4. The van der Waals surface area contributed by atoms with Crippen molar-refractivity contribution in [2.75, 3.05) is 7.11 Å². The molecule has 0 unspecified atom stereocenters. The van der Waals surface area contributed by atoms with E-state index in [-0.39, 0.29) is 6.42 Å². The van der Waals surface area contributed by atoms with Gasteiger partial charge < -0.3 is 4.74 Å². The molecule has 0 N–H and O–H groups in total. The number of ether oxygens (including phenoxy) is 1. The van der Waals surface area contributed by atoms with Crippen molar-refractivity contribution >= 4 is 5.97 Å². The third kappa shape index (κ3) is 3.17. The lowest BCUT2D eigenvalue weighted by molar-refractivity contribution is -0.141. The Morgan fingerprint density at radius 1 is 1.60 bits per heavy atom. The molecule has 4 nitrogen and oxygen atoms in total. The molecular weight excluding hydrogens is 134 g/mol. The summed E-state index contributed by atoms with van der Waals surface area (Å²) in [6.07, 6.45) is 0.0347. The monoisotopic (exact) mass is 145 g/mol. The molecule has 0 aromatic carbocycles. The van der Waals surface area contributed by atoms with E-state index in [0.717, 1.165) is 0 Å². The molecule has 0 spiro atoms. The van der Waals surface area contributed by atoms with Gasteiger partial charge in [-0.1, -0.05) is 5.18 Å². The van der Waals surface area contributed by atoms with E-state index in [1.165, 1.54) is 7.11 Å². The topological polar surface area (TPSA) is 55.7 Å². The molecule has 0 fully saturated rings. The van der Waals surface area contributed by atoms with Gasteiger partial charge in [-0.2, -0.15) is 4.91 Å². The second-order valence-electron chi connectivity index (χ2n) is 2.66. The van der Waals surface area contributed by atoms with Crippen LogP contribution in [0.15, 0.2) is 5.18 Å². The third-order valence-electron chi connectivity index (χ3n) is 1.05. The number of methoxy groups -OCH3 is 1. The second kappa shape index (κ2) is 3.29. The van der Waals surface area contributed by atoms with Crippen LogP contribution in [0.3, 0.4) is 0 Å². The first-order chi connectivity index (χ1) is 4.52. The number of nitrogens with zero attached hydrogens (tertiary/aromatic N) is 1. The van der Waals surface area contributed by atoms with Crippen LogP contribution in [0.4, 0.5) is 0 Å². The first kappa shape index (κ1) is 9.07. The number of hydrogen-bond donors (Lipinski definition) is 0. The van der Waals surface area contributed by atoms with Crippen LogP contribution in [-0.2, 0) is 9.53 Å². The van der Waals surface area contributed by atoms with Crippen molar-refractivity contribution < 1.29 is 9.53 Å². The summed E-state index contributed by atoms with van der Waals surface area (Å²) in [6, 6.07) is 0. The standard InChI is InChI=1S/C6H11NO3/c1-6(2,7-9)4-5(8)10-3/h4H2,1-3H3. The number of carbonyl (C=O) groups is 1. The van der Waals surface area contributed by atoms with Gasteiger partial charge >= 0.3 is 5.97 Å². The predicted octanol–water partition coefficient (Wildman–Crippen LogP) is 1.09. The van der Waals surface area contributed by atoms with Gasteiger partial charge in [0.1, 0.15) is 5.54 Å². The van der Waals surface area contributed by atoms with Gasteiger partial charge in [-0.25, -0.2) is 0 Å². The van der Waals surface area contributed by atoms with E-state index in [4.69, 9.17) is 0 Å². The Morgan fingerprint density at radius 3 is 2.40 bits per heavy atom. The summed E-state index contributed by atoms with van der Waals surface area (Å²) in [5.74, 6) is -0.412. The third-order valence-corrected chi connectivity index (χ3v) is 1.05. The van der Waals surface area contributed by atoms with E-state index < -0.39 is 11.5 Å². The zero-order valence-corrected chi connectivity index (χ0v) is 6.38. The molecule has 0 aliphatic rings.